The van der Waals surface area contributed by atoms with Crippen molar-refractivity contribution in [2.75, 3.05) is 24.5 Å². The Labute approximate surface area is 735 Å². The largest absolute Gasteiger partial charge is 0.453 e. The van der Waals surface area contributed by atoms with Crippen LogP contribution in [0.1, 0.15) is 114 Å². The Balaban J connectivity index is 0.000000108. The third kappa shape index (κ3) is 16.8. The fraction of sp³-hybridized carbons (Fsp3) is 0.159. The van der Waals surface area contributed by atoms with Gasteiger partial charge in [-0.15, -0.1) is 0 Å². The molecule has 15 heteroatoms. The van der Waals surface area contributed by atoms with E-state index in [4.69, 9.17) is 28.4 Å². The Kier molecular flexibility index (Phi) is 26.5. The molecule has 0 saturated carbocycles. The van der Waals surface area contributed by atoms with Crippen LogP contribution in [0.4, 0.5) is 85.3 Å². The SMILES string of the molecule is CCC.CCC.CCC.CCCC.CCCC.c1ccc2c(c1)Oc1cccc3c1N2c1ccccc1O3.c1ccc2c(c1)Oc1cccc3c1N2c1ccccc1O3.c1ccc2c(c1)Oc1cccc3c1N2c1ccccc1O3.c1ccc2c(c1)Sc1cccc3c1N2c1ccccc1S3.c1ccc2c(c1)Sc1cccc3c1N2c1ccccc1S3. The van der Waals surface area contributed by atoms with Gasteiger partial charge in [0.15, 0.2) is 69.0 Å². The highest BCUT2D eigenvalue weighted by Gasteiger charge is 2.39. The summed E-state index contributed by atoms with van der Waals surface area (Å²) in [5.41, 5.74) is 16.9. The fourth-order valence-corrected chi connectivity index (χ4v) is 19.3. The molecule has 11 nitrogen and oxygen atoms in total. The van der Waals surface area contributed by atoms with E-state index in [0.717, 1.165) is 120 Å². The van der Waals surface area contributed by atoms with Crippen molar-refractivity contribution < 1.29 is 28.4 Å². The van der Waals surface area contributed by atoms with Crippen LogP contribution in [-0.2, 0) is 0 Å². The monoisotopic (exact) mass is 1680 g/mol. The fourth-order valence-electron chi connectivity index (χ4n) is 14.8. The van der Waals surface area contributed by atoms with E-state index in [2.05, 4.69) is 264 Å². The molecule has 0 aliphatic carbocycles. The van der Waals surface area contributed by atoms with E-state index >= 15 is 0 Å². The summed E-state index contributed by atoms with van der Waals surface area (Å²) in [5.74, 6) is 10.1. The standard InChI is InChI=1S/3C18H11NO2.2C18H11NS2.2C4H10.3C3H8/c5*1-3-8-14-12(6-1)19-13-7-2-4-9-15(13)21-17-11-5-10-16(20-14)18(17)19;2*1-3-4-2;3*1-3-2/h5*1-11H;2*3-4H2,1-2H3;3*3H2,1-2H3. The first-order valence-electron chi connectivity index (χ1n) is 42.5. The zero-order valence-electron chi connectivity index (χ0n) is 70.5. The number of unbranched alkanes of at least 4 members (excludes halogenated alkanes) is 2. The zero-order chi connectivity index (χ0) is 84.0. The molecule has 0 amide bonds. The van der Waals surface area contributed by atoms with E-state index < -0.39 is 0 Å². The molecular formula is C107H99N5O6S4. The molecule has 0 unspecified atom stereocenters. The first-order chi connectivity index (χ1) is 60.2. The number of hydrogen-bond acceptors (Lipinski definition) is 15. The second kappa shape index (κ2) is 38.9. The van der Waals surface area contributed by atoms with Gasteiger partial charge >= 0.3 is 0 Å². The Morgan fingerprint density at radius 3 is 0.484 bits per heavy atom. The maximum atomic E-state index is 6.02. The molecule has 0 saturated heterocycles. The van der Waals surface area contributed by atoms with Gasteiger partial charge in [0.25, 0.3) is 0 Å². The summed E-state index contributed by atoms with van der Waals surface area (Å²) < 4.78 is 36.1. The van der Waals surface area contributed by atoms with E-state index in [9.17, 15) is 0 Å². The van der Waals surface area contributed by atoms with Crippen molar-refractivity contribution in [3.8, 4) is 69.0 Å². The van der Waals surface area contributed by atoms with Gasteiger partial charge in [-0.2, -0.15) is 0 Å². The number of benzene rings is 15. The molecular weight excluding hydrogens is 1580 g/mol. The maximum absolute atomic E-state index is 6.02. The Hall–Kier alpha value is -12.5. The molecule has 0 N–H and O–H groups in total. The van der Waals surface area contributed by atoms with Crippen LogP contribution in [-0.4, -0.2) is 0 Å². The summed E-state index contributed by atoms with van der Waals surface area (Å²) in [7, 11) is 0. The molecule has 0 aromatic heterocycles. The Morgan fingerprint density at radius 1 is 0.156 bits per heavy atom. The molecule has 0 fully saturated rings. The third-order valence-corrected chi connectivity index (χ3v) is 24.6. The van der Waals surface area contributed by atoms with Crippen molar-refractivity contribution in [3.63, 3.8) is 0 Å². The molecule has 10 aliphatic rings. The first kappa shape index (κ1) is 83.2. The molecule has 0 atom stereocenters. The van der Waals surface area contributed by atoms with Gasteiger partial charge in [-0.25, -0.2) is 0 Å². The molecule has 10 heterocycles. The van der Waals surface area contributed by atoms with Crippen molar-refractivity contribution >= 4 is 132 Å². The van der Waals surface area contributed by atoms with Crippen LogP contribution < -0.4 is 52.9 Å². The number of ether oxygens (including phenoxy) is 6. The minimum absolute atomic E-state index is 0.820. The summed E-state index contributed by atoms with van der Waals surface area (Å²) >= 11 is 7.48. The highest BCUT2D eigenvalue weighted by atomic mass is 32.2. The number of fused-ring (bicyclic) bond motifs is 20. The van der Waals surface area contributed by atoms with Gasteiger partial charge in [-0.3, -0.25) is 14.7 Å². The van der Waals surface area contributed by atoms with Crippen molar-refractivity contribution in [3.05, 3.63) is 334 Å². The van der Waals surface area contributed by atoms with Gasteiger partial charge in [-0.1, -0.05) is 313 Å². The first-order valence-corrected chi connectivity index (χ1v) is 45.8. The summed E-state index contributed by atoms with van der Waals surface area (Å²) in [6.07, 6.45) is 9.03. The van der Waals surface area contributed by atoms with Crippen molar-refractivity contribution in [2.24, 2.45) is 0 Å². The average Bonchev–Trinajstić information content (AvgIpc) is 0.757. The number of anilines is 15. The predicted molar refractivity (Wildman–Crippen MR) is 512 cm³/mol. The molecule has 612 valence electrons. The molecule has 10 aliphatic heterocycles. The lowest BCUT2D eigenvalue weighted by Crippen LogP contribution is -2.19. The zero-order valence-corrected chi connectivity index (χ0v) is 73.8. The minimum Gasteiger partial charge on any atom is -0.453 e. The molecule has 15 aromatic carbocycles. The van der Waals surface area contributed by atoms with Gasteiger partial charge in [0.05, 0.1) is 68.2 Å². The Morgan fingerprint density at radius 2 is 0.295 bits per heavy atom. The van der Waals surface area contributed by atoms with Crippen LogP contribution in [0.15, 0.2) is 373 Å². The summed E-state index contributed by atoms with van der Waals surface area (Å²) in [5, 5.41) is 0. The van der Waals surface area contributed by atoms with Crippen molar-refractivity contribution in [2.45, 2.75) is 153 Å². The molecule has 0 bridgehead atoms. The van der Waals surface area contributed by atoms with Crippen LogP contribution in [0.3, 0.4) is 0 Å². The third-order valence-electron chi connectivity index (χ3n) is 20.2. The van der Waals surface area contributed by atoms with Crippen LogP contribution >= 0.6 is 47.0 Å². The van der Waals surface area contributed by atoms with Gasteiger partial charge in [0.2, 0.25) is 0 Å². The lowest BCUT2D eigenvalue weighted by molar-refractivity contribution is 0.445. The van der Waals surface area contributed by atoms with Crippen molar-refractivity contribution in [1.82, 2.24) is 0 Å². The number of para-hydroxylation sites is 21. The van der Waals surface area contributed by atoms with Gasteiger partial charge < -0.3 is 38.2 Å². The number of rotatable bonds is 2. The predicted octanol–water partition coefficient (Wildman–Crippen LogP) is 36.1. The maximum Gasteiger partial charge on any atom is 0.155 e. The molecule has 25 rings (SSSR count). The van der Waals surface area contributed by atoms with Gasteiger partial charge in [0.1, 0.15) is 17.1 Å². The molecule has 0 spiro atoms. The quantitative estimate of drug-likeness (QED) is 0.165. The van der Waals surface area contributed by atoms with Gasteiger partial charge in [0, 0.05) is 39.2 Å². The second-order valence-electron chi connectivity index (χ2n) is 29.5. The highest BCUT2D eigenvalue weighted by molar-refractivity contribution is 8.01. The van der Waals surface area contributed by atoms with E-state index in [1.54, 1.807) is 0 Å². The highest BCUT2D eigenvalue weighted by Crippen LogP contribution is 2.65. The second-order valence-corrected chi connectivity index (χ2v) is 33.8. The summed E-state index contributed by atoms with van der Waals surface area (Å²) in [4.78, 5) is 22.1. The topological polar surface area (TPSA) is 71.6 Å². The molecule has 0 radical (unpaired) electrons. The number of nitrogens with zero attached hydrogens (tertiary/aromatic N) is 5. The normalized spacial score (nSPS) is 12.8. The summed E-state index contributed by atoms with van der Waals surface area (Å²) in [6, 6.07) is 114. The van der Waals surface area contributed by atoms with Gasteiger partial charge in [-0.05, 0) is 182 Å². The molecule has 15 aromatic rings. The lowest BCUT2D eigenvalue weighted by atomic mass is 10.1. The van der Waals surface area contributed by atoms with Crippen LogP contribution in [0.5, 0.6) is 69.0 Å². The minimum atomic E-state index is 0.820. The number of hydrogen-bond donors (Lipinski definition) is 0. The van der Waals surface area contributed by atoms with E-state index in [0.29, 0.717) is 0 Å². The van der Waals surface area contributed by atoms with Crippen LogP contribution in [0.25, 0.3) is 0 Å². The summed E-state index contributed by atoms with van der Waals surface area (Å²) in [6.45, 7) is 21.5. The van der Waals surface area contributed by atoms with Crippen LogP contribution in [0.2, 0.25) is 0 Å². The van der Waals surface area contributed by atoms with Crippen LogP contribution in [0, 0.1) is 0 Å². The average molecular weight is 1680 g/mol. The molecule has 122 heavy (non-hydrogen) atoms. The Bertz CT molecular complexity index is 5010. The van der Waals surface area contributed by atoms with E-state index in [1.807, 2.05) is 211 Å². The smallest absolute Gasteiger partial charge is 0.155 e. The van der Waals surface area contributed by atoms with E-state index in [-0.39, 0.29) is 0 Å². The van der Waals surface area contributed by atoms with Crippen molar-refractivity contribution in [1.29, 1.82) is 0 Å². The van der Waals surface area contributed by atoms with E-state index in [1.165, 1.54) is 118 Å². The lowest BCUT2D eigenvalue weighted by Gasteiger charge is -2.38.